The summed E-state index contributed by atoms with van der Waals surface area (Å²) >= 11 is 0. The van der Waals surface area contributed by atoms with Crippen molar-refractivity contribution < 1.29 is 4.79 Å². The van der Waals surface area contributed by atoms with E-state index >= 15 is 0 Å². The minimum absolute atomic E-state index is 0.0931. The quantitative estimate of drug-likeness (QED) is 0.800. The van der Waals surface area contributed by atoms with Crippen LogP contribution in [0.15, 0.2) is 24.9 Å². The Bertz CT molecular complexity index is 684. The van der Waals surface area contributed by atoms with Gasteiger partial charge in [-0.1, -0.05) is 6.92 Å². The van der Waals surface area contributed by atoms with Crippen molar-refractivity contribution in [2.75, 3.05) is 16.8 Å². The van der Waals surface area contributed by atoms with Crippen LogP contribution < -0.4 is 9.80 Å². The lowest BCUT2D eigenvalue weighted by molar-refractivity contribution is -0.109. The van der Waals surface area contributed by atoms with Crippen molar-refractivity contribution in [3.8, 4) is 5.95 Å². The molecule has 0 aliphatic carbocycles. The van der Waals surface area contributed by atoms with Crippen LogP contribution in [0.5, 0.6) is 0 Å². The highest BCUT2D eigenvalue weighted by molar-refractivity contribution is 5.78. The van der Waals surface area contributed by atoms with Gasteiger partial charge in [0, 0.05) is 25.5 Å². The van der Waals surface area contributed by atoms with Gasteiger partial charge < -0.3 is 14.6 Å². The van der Waals surface area contributed by atoms with Gasteiger partial charge in [0.05, 0.1) is 17.9 Å². The van der Waals surface area contributed by atoms with Gasteiger partial charge in [-0.25, -0.2) is 9.97 Å². The van der Waals surface area contributed by atoms with E-state index in [0.717, 1.165) is 24.2 Å². The van der Waals surface area contributed by atoms with E-state index in [0.29, 0.717) is 5.95 Å². The summed E-state index contributed by atoms with van der Waals surface area (Å²) in [6.45, 7) is 6.35. The smallest absolute Gasteiger partial charge is 0.236 e. The molecular weight excluding hydrogens is 292 g/mol. The van der Waals surface area contributed by atoms with Crippen LogP contribution in [-0.2, 0) is 4.79 Å². The van der Waals surface area contributed by atoms with Crippen molar-refractivity contribution in [2.24, 2.45) is 0 Å². The average Bonchev–Trinajstić information content (AvgIpc) is 3.08. The van der Waals surface area contributed by atoms with Crippen LogP contribution in [0.1, 0.15) is 27.2 Å². The fourth-order valence-electron chi connectivity index (χ4n) is 3.29. The Hall–Kier alpha value is -2.44. The second-order valence-electron chi connectivity index (χ2n) is 6.06. The van der Waals surface area contributed by atoms with Crippen molar-refractivity contribution in [1.82, 2.24) is 19.5 Å². The van der Waals surface area contributed by atoms with E-state index < -0.39 is 0 Å². The molecule has 0 saturated carbocycles. The first kappa shape index (κ1) is 15.5. The molecular formula is C16H22N6O. The highest BCUT2D eigenvalue weighted by atomic mass is 16.1. The van der Waals surface area contributed by atoms with Gasteiger partial charge in [0.25, 0.3) is 0 Å². The van der Waals surface area contributed by atoms with Gasteiger partial charge in [-0.15, -0.1) is 0 Å². The highest BCUT2D eigenvalue weighted by Crippen LogP contribution is 2.37. The average molecular weight is 314 g/mol. The SMILES string of the molecule is CCC1C(C=O)N(C)c2cnc(-n3ccnc3)nc2N1C(C)C. The zero-order valence-corrected chi connectivity index (χ0v) is 13.9. The summed E-state index contributed by atoms with van der Waals surface area (Å²) in [6.07, 6.45) is 8.88. The molecule has 2 unspecified atom stereocenters. The number of fused-ring (bicyclic) bond motifs is 1. The van der Waals surface area contributed by atoms with Gasteiger partial charge in [-0.2, -0.15) is 4.98 Å². The Morgan fingerprint density at radius 2 is 2.17 bits per heavy atom. The molecule has 23 heavy (non-hydrogen) atoms. The molecule has 0 fully saturated rings. The van der Waals surface area contributed by atoms with Crippen LogP contribution in [0.4, 0.5) is 11.5 Å². The maximum atomic E-state index is 11.6. The summed E-state index contributed by atoms with van der Waals surface area (Å²) in [6, 6.07) is 0.133. The molecule has 0 spiro atoms. The van der Waals surface area contributed by atoms with Crippen LogP contribution in [0.25, 0.3) is 5.95 Å². The van der Waals surface area contributed by atoms with E-state index in [1.165, 1.54) is 0 Å². The molecule has 2 atom stereocenters. The lowest BCUT2D eigenvalue weighted by atomic mass is 9.98. The number of carbonyl (C=O) groups is 1. The maximum absolute atomic E-state index is 11.6. The van der Waals surface area contributed by atoms with Crippen LogP contribution in [0.3, 0.4) is 0 Å². The first-order valence-corrected chi connectivity index (χ1v) is 7.90. The predicted molar refractivity (Wildman–Crippen MR) is 89.1 cm³/mol. The minimum Gasteiger partial charge on any atom is -0.359 e. The largest absolute Gasteiger partial charge is 0.359 e. The third-order valence-corrected chi connectivity index (χ3v) is 4.41. The van der Waals surface area contributed by atoms with Crippen LogP contribution in [0.2, 0.25) is 0 Å². The van der Waals surface area contributed by atoms with E-state index in [2.05, 4.69) is 35.6 Å². The van der Waals surface area contributed by atoms with Gasteiger partial charge in [-0.3, -0.25) is 4.57 Å². The fraction of sp³-hybridized carbons (Fsp3) is 0.500. The number of aromatic nitrogens is 4. The van der Waals surface area contributed by atoms with Crippen molar-refractivity contribution in [2.45, 2.75) is 45.3 Å². The monoisotopic (exact) mass is 314 g/mol. The second kappa shape index (κ2) is 5.98. The van der Waals surface area contributed by atoms with Gasteiger partial charge in [-0.05, 0) is 20.3 Å². The second-order valence-corrected chi connectivity index (χ2v) is 6.06. The Labute approximate surface area is 136 Å². The van der Waals surface area contributed by atoms with Gasteiger partial charge in [0.15, 0.2) is 5.82 Å². The zero-order valence-electron chi connectivity index (χ0n) is 13.9. The molecule has 3 heterocycles. The number of hydrogen-bond donors (Lipinski definition) is 0. The summed E-state index contributed by atoms with van der Waals surface area (Å²) in [7, 11) is 1.93. The van der Waals surface area contributed by atoms with E-state index in [1.54, 1.807) is 23.3 Å². The van der Waals surface area contributed by atoms with E-state index in [-0.39, 0.29) is 18.1 Å². The summed E-state index contributed by atoms with van der Waals surface area (Å²) in [5, 5.41) is 0. The minimum atomic E-state index is -0.197. The van der Waals surface area contributed by atoms with E-state index in [4.69, 9.17) is 4.98 Å². The maximum Gasteiger partial charge on any atom is 0.236 e. The zero-order chi connectivity index (χ0) is 16.6. The van der Waals surface area contributed by atoms with Crippen LogP contribution in [0, 0.1) is 0 Å². The van der Waals surface area contributed by atoms with Crippen molar-refractivity contribution in [3.63, 3.8) is 0 Å². The number of aldehydes is 1. The summed E-state index contributed by atoms with van der Waals surface area (Å²) in [5.74, 6) is 1.45. The van der Waals surface area contributed by atoms with Gasteiger partial charge in [0.2, 0.25) is 5.95 Å². The van der Waals surface area contributed by atoms with Crippen LogP contribution >= 0.6 is 0 Å². The topological polar surface area (TPSA) is 67.2 Å². The molecule has 0 aromatic carbocycles. The number of imidazole rings is 1. The number of anilines is 2. The third kappa shape index (κ3) is 2.46. The molecule has 1 aliphatic rings. The number of likely N-dealkylation sites (N-methyl/N-ethyl adjacent to an activating group) is 1. The number of rotatable bonds is 4. The third-order valence-electron chi connectivity index (χ3n) is 4.41. The van der Waals surface area contributed by atoms with Crippen molar-refractivity contribution >= 4 is 17.8 Å². The molecule has 0 radical (unpaired) electrons. The molecule has 3 rings (SSSR count). The number of carbonyl (C=O) groups excluding carboxylic acids is 1. The summed E-state index contributed by atoms with van der Waals surface area (Å²) < 4.78 is 1.78. The summed E-state index contributed by atoms with van der Waals surface area (Å²) in [5.41, 5.74) is 0.879. The van der Waals surface area contributed by atoms with E-state index in [9.17, 15) is 4.79 Å². The van der Waals surface area contributed by atoms with Crippen LogP contribution in [-0.4, -0.2) is 51.0 Å². The molecule has 2 aromatic rings. The highest BCUT2D eigenvalue weighted by Gasteiger charge is 2.39. The normalized spacial score (nSPS) is 20.7. The Morgan fingerprint density at radius 1 is 1.39 bits per heavy atom. The standard InChI is InChI=1S/C16H22N6O/c1-5-12-14(9-23)20(4)13-8-18-16(21-7-6-17-10-21)19-15(13)22(12)11(2)3/h6-12,14H,5H2,1-4H3. The molecule has 0 N–H and O–H groups in total. The Kier molecular flexibility index (Phi) is 4.02. The molecule has 0 saturated heterocycles. The predicted octanol–water partition coefficient (Wildman–Crippen LogP) is 1.67. The molecule has 7 heteroatoms. The first-order chi connectivity index (χ1) is 11.1. The Balaban J connectivity index is 2.15. The molecule has 122 valence electrons. The van der Waals surface area contributed by atoms with E-state index in [1.807, 2.05) is 18.1 Å². The van der Waals surface area contributed by atoms with Gasteiger partial charge >= 0.3 is 0 Å². The first-order valence-electron chi connectivity index (χ1n) is 7.90. The van der Waals surface area contributed by atoms with Crippen molar-refractivity contribution in [3.05, 3.63) is 24.9 Å². The van der Waals surface area contributed by atoms with Gasteiger partial charge in [0.1, 0.15) is 18.7 Å². The Morgan fingerprint density at radius 3 is 2.74 bits per heavy atom. The van der Waals surface area contributed by atoms with Crippen molar-refractivity contribution in [1.29, 1.82) is 0 Å². The molecule has 7 nitrogen and oxygen atoms in total. The lowest BCUT2D eigenvalue weighted by Gasteiger charge is -2.47. The number of hydrogen-bond acceptors (Lipinski definition) is 6. The molecule has 1 aliphatic heterocycles. The number of nitrogens with zero attached hydrogens (tertiary/aromatic N) is 6. The molecule has 2 aromatic heterocycles. The molecule has 0 bridgehead atoms. The fourth-order valence-corrected chi connectivity index (χ4v) is 3.29. The summed E-state index contributed by atoms with van der Waals surface area (Å²) in [4.78, 5) is 29.1. The molecule has 0 amide bonds. The lowest BCUT2D eigenvalue weighted by Crippen LogP contribution is -2.58.